The van der Waals surface area contributed by atoms with Crippen molar-refractivity contribution in [2.45, 2.75) is 50.6 Å². The summed E-state index contributed by atoms with van der Waals surface area (Å²) < 4.78 is 0. The van der Waals surface area contributed by atoms with Crippen LogP contribution in [0.4, 0.5) is 0 Å². The topological polar surface area (TPSA) is 58.4 Å². The molecular weight excluding hydrogens is 294 g/mol. The molecule has 0 aromatic carbocycles. The third kappa shape index (κ3) is 3.89. The van der Waals surface area contributed by atoms with Crippen molar-refractivity contribution >= 4 is 17.2 Å². The van der Waals surface area contributed by atoms with Gasteiger partial charge < -0.3 is 11.1 Å². The molecule has 2 aliphatic rings. The second-order valence-electron chi connectivity index (χ2n) is 6.64. The van der Waals surface area contributed by atoms with E-state index in [9.17, 15) is 4.79 Å². The number of amides is 1. The molecule has 0 bridgehead atoms. The number of nitrogens with one attached hydrogen (secondary N) is 1. The normalized spacial score (nSPS) is 27.1. The van der Waals surface area contributed by atoms with Gasteiger partial charge in [0.05, 0.1) is 6.04 Å². The van der Waals surface area contributed by atoms with Gasteiger partial charge in [0.15, 0.2) is 0 Å². The number of carbonyl (C=O) groups excluding carboxylic acids is 1. The van der Waals surface area contributed by atoms with Crippen LogP contribution in [0.25, 0.3) is 0 Å². The number of thiophene rings is 1. The van der Waals surface area contributed by atoms with Crippen molar-refractivity contribution in [1.29, 1.82) is 0 Å². The molecule has 122 valence electrons. The van der Waals surface area contributed by atoms with Crippen LogP contribution in [-0.2, 0) is 4.79 Å². The van der Waals surface area contributed by atoms with E-state index in [0.29, 0.717) is 18.4 Å². The van der Waals surface area contributed by atoms with Crippen LogP contribution in [0.15, 0.2) is 17.5 Å². The van der Waals surface area contributed by atoms with Gasteiger partial charge in [-0.25, -0.2) is 0 Å². The molecule has 1 saturated carbocycles. The highest BCUT2D eigenvalue weighted by Gasteiger charge is 2.28. The summed E-state index contributed by atoms with van der Waals surface area (Å²) in [6.07, 6.45) is 6.49. The van der Waals surface area contributed by atoms with Crippen molar-refractivity contribution in [3.63, 3.8) is 0 Å². The maximum atomic E-state index is 12.3. The van der Waals surface area contributed by atoms with Crippen LogP contribution in [-0.4, -0.2) is 36.5 Å². The molecule has 2 heterocycles. The highest BCUT2D eigenvalue weighted by atomic mass is 32.1. The summed E-state index contributed by atoms with van der Waals surface area (Å²) in [5.41, 5.74) is 6.07. The molecule has 1 aromatic rings. The summed E-state index contributed by atoms with van der Waals surface area (Å²) in [4.78, 5) is 16.1. The maximum Gasteiger partial charge on any atom is 0.220 e. The zero-order chi connectivity index (χ0) is 15.4. The summed E-state index contributed by atoms with van der Waals surface area (Å²) in [5.74, 6) is 0.551. The Balaban J connectivity index is 1.53. The number of nitrogens with two attached hydrogens (primary N) is 1. The summed E-state index contributed by atoms with van der Waals surface area (Å²) in [7, 11) is 0. The number of rotatable bonds is 6. The van der Waals surface area contributed by atoms with Gasteiger partial charge in [-0.1, -0.05) is 12.5 Å². The van der Waals surface area contributed by atoms with Gasteiger partial charge in [0.1, 0.15) is 0 Å². The number of carbonyl (C=O) groups is 1. The molecule has 1 aromatic heterocycles. The molecule has 1 saturated heterocycles. The summed E-state index contributed by atoms with van der Waals surface area (Å²) in [5, 5.41) is 5.29. The van der Waals surface area contributed by atoms with E-state index in [1.807, 2.05) is 0 Å². The number of hydrogen-bond acceptors (Lipinski definition) is 4. The van der Waals surface area contributed by atoms with E-state index in [-0.39, 0.29) is 11.9 Å². The maximum absolute atomic E-state index is 12.3. The Morgan fingerprint density at radius 2 is 2.18 bits per heavy atom. The Labute approximate surface area is 137 Å². The van der Waals surface area contributed by atoms with Gasteiger partial charge in [-0.05, 0) is 56.1 Å². The zero-order valence-electron chi connectivity index (χ0n) is 13.2. The van der Waals surface area contributed by atoms with Crippen LogP contribution in [0.5, 0.6) is 0 Å². The van der Waals surface area contributed by atoms with Crippen LogP contribution in [0.2, 0.25) is 0 Å². The highest BCUT2D eigenvalue weighted by molar-refractivity contribution is 7.10. The van der Waals surface area contributed by atoms with E-state index in [1.54, 1.807) is 11.3 Å². The first-order valence-electron chi connectivity index (χ1n) is 8.54. The Hall–Kier alpha value is -0.910. The Bertz CT molecular complexity index is 470. The zero-order valence-corrected chi connectivity index (χ0v) is 14.0. The smallest absolute Gasteiger partial charge is 0.220 e. The van der Waals surface area contributed by atoms with Crippen molar-refractivity contribution in [3.8, 4) is 0 Å². The second kappa shape index (κ2) is 7.57. The predicted molar refractivity (Wildman–Crippen MR) is 90.8 cm³/mol. The van der Waals surface area contributed by atoms with E-state index in [2.05, 4.69) is 27.7 Å². The Morgan fingerprint density at radius 1 is 1.36 bits per heavy atom. The molecule has 22 heavy (non-hydrogen) atoms. The van der Waals surface area contributed by atoms with Gasteiger partial charge in [0.2, 0.25) is 5.91 Å². The van der Waals surface area contributed by atoms with E-state index in [0.717, 1.165) is 32.5 Å². The Kier molecular flexibility index (Phi) is 5.50. The third-order valence-corrected chi connectivity index (χ3v) is 6.08. The van der Waals surface area contributed by atoms with E-state index in [1.165, 1.54) is 24.1 Å². The minimum atomic E-state index is 0.170. The van der Waals surface area contributed by atoms with Crippen molar-refractivity contribution in [3.05, 3.63) is 22.4 Å². The molecule has 2 fully saturated rings. The molecule has 4 nitrogen and oxygen atoms in total. The summed E-state index contributed by atoms with van der Waals surface area (Å²) >= 11 is 1.79. The van der Waals surface area contributed by atoms with Gasteiger partial charge in [0.25, 0.3) is 0 Å². The SMILES string of the molecule is N[C@@H]1CCC[C@H]1CC(=O)NCC(c1cccs1)N1CCCC1. The lowest BCUT2D eigenvalue weighted by Gasteiger charge is -2.27. The Morgan fingerprint density at radius 3 is 2.82 bits per heavy atom. The molecule has 1 aliphatic carbocycles. The lowest BCUT2D eigenvalue weighted by molar-refractivity contribution is -0.122. The van der Waals surface area contributed by atoms with Crippen LogP contribution in [0.3, 0.4) is 0 Å². The van der Waals surface area contributed by atoms with E-state index >= 15 is 0 Å². The minimum absolute atomic E-state index is 0.170. The fraction of sp³-hybridized carbons (Fsp3) is 0.706. The summed E-state index contributed by atoms with van der Waals surface area (Å²) in [6.45, 7) is 3.01. The second-order valence-corrected chi connectivity index (χ2v) is 7.62. The third-order valence-electron chi connectivity index (χ3n) is 5.11. The number of likely N-dealkylation sites (tertiary alicyclic amines) is 1. The molecule has 3 atom stereocenters. The first-order valence-corrected chi connectivity index (χ1v) is 9.42. The van der Waals surface area contributed by atoms with Crippen molar-refractivity contribution < 1.29 is 4.79 Å². The molecule has 1 aliphatic heterocycles. The molecule has 3 rings (SSSR count). The average molecular weight is 321 g/mol. The average Bonchev–Trinajstić information content (AvgIpc) is 3.23. The van der Waals surface area contributed by atoms with Gasteiger partial charge >= 0.3 is 0 Å². The largest absolute Gasteiger partial charge is 0.354 e. The molecule has 0 spiro atoms. The molecule has 3 N–H and O–H groups in total. The van der Waals surface area contributed by atoms with Crippen LogP contribution >= 0.6 is 11.3 Å². The van der Waals surface area contributed by atoms with Crippen LogP contribution in [0, 0.1) is 5.92 Å². The summed E-state index contributed by atoms with van der Waals surface area (Å²) in [6, 6.07) is 4.84. The molecule has 0 radical (unpaired) electrons. The predicted octanol–water partition coefficient (Wildman–Crippen LogP) is 2.52. The van der Waals surface area contributed by atoms with E-state index in [4.69, 9.17) is 5.73 Å². The molecule has 1 amide bonds. The fourth-order valence-corrected chi connectivity index (χ4v) is 4.64. The van der Waals surface area contributed by atoms with Gasteiger partial charge in [0, 0.05) is 23.9 Å². The monoisotopic (exact) mass is 321 g/mol. The van der Waals surface area contributed by atoms with Crippen LogP contribution < -0.4 is 11.1 Å². The van der Waals surface area contributed by atoms with Crippen molar-refractivity contribution in [2.24, 2.45) is 11.7 Å². The van der Waals surface area contributed by atoms with Gasteiger partial charge in [-0.15, -0.1) is 11.3 Å². The molecule has 5 heteroatoms. The van der Waals surface area contributed by atoms with E-state index < -0.39 is 0 Å². The van der Waals surface area contributed by atoms with Crippen LogP contribution in [0.1, 0.15) is 49.4 Å². The van der Waals surface area contributed by atoms with Gasteiger partial charge in [-0.3, -0.25) is 9.69 Å². The minimum Gasteiger partial charge on any atom is -0.354 e. The fourth-order valence-electron chi connectivity index (χ4n) is 3.78. The quantitative estimate of drug-likeness (QED) is 0.846. The number of hydrogen-bond donors (Lipinski definition) is 2. The lowest BCUT2D eigenvalue weighted by Crippen LogP contribution is -2.38. The standard InChI is InChI=1S/C17H27N3OS/c18-14-6-3-5-13(14)11-17(21)19-12-15(16-7-4-10-22-16)20-8-1-2-9-20/h4,7,10,13-15H,1-3,5-6,8-9,11-12,18H2,(H,19,21)/t13-,14+,15?/m0/s1. The lowest BCUT2D eigenvalue weighted by atomic mass is 10.00. The van der Waals surface area contributed by atoms with Crippen molar-refractivity contribution in [1.82, 2.24) is 10.2 Å². The highest BCUT2D eigenvalue weighted by Crippen LogP contribution is 2.29. The molecule has 1 unspecified atom stereocenters. The van der Waals surface area contributed by atoms with Gasteiger partial charge in [-0.2, -0.15) is 0 Å². The first kappa shape index (κ1) is 16.0. The first-order chi connectivity index (χ1) is 10.7. The van der Waals surface area contributed by atoms with Crippen molar-refractivity contribution in [2.75, 3.05) is 19.6 Å². The molecular formula is C17H27N3OS. The number of nitrogens with zero attached hydrogens (tertiary/aromatic N) is 1.